The maximum absolute atomic E-state index is 10.7. The summed E-state index contributed by atoms with van der Waals surface area (Å²) < 4.78 is 0. The summed E-state index contributed by atoms with van der Waals surface area (Å²) in [6.07, 6.45) is 2.77. The third-order valence-corrected chi connectivity index (χ3v) is 2.21. The minimum Gasteiger partial charge on any atom is -0.477 e. The Morgan fingerprint density at radius 1 is 1.67 bits per heavy atom. The Hall–Kier alpha value is -1.19. The lowest BCUT2D eigenvalue weighted by Crippen LogP contribution is -2.35. The van der Waals surface area contributed by atoms with Gasteiger partial charge in [-0.2, -0.15) is 0 Å². The number of nitrogens with zero attached hydrogens (tertiary/aromatic N) is 2. The lowest BCUT2D eigenvalue weighted by atomic mass is 10.3. The van der Waals surface area contributed by atoms with Crippen molar-refractivity contribution in [2.45, 2.75) is 19.5 Å². The Labute approximate surface area is 72.1 Å². The van der Waals surface area contributed by atoms with Crippen LogP contribution < -0.4 is 0 Å². The standard InChI is InChI=1S/C8H14N2O2/c1-4-7-9(2)5-6(8(11)12)10(7)3/h5,7H,4H2,1-3H3,(H,11,12). The normalized spacial score (nSPS) is 22.9. The molecule has 0 bridgehead atoms. The number of hydrogen-bond donors (Lipinski definition) is 1. The highest BCUT2D eigenvalue weighted by atomic mass is 16.4. The number of rotatable bonds is 2. The minimum absolute atomic E-state index is 0.191. The summed E-state index contributed by atoms with van der Waals surface area (Å²) >= 11 is 0. The molecule has 0 aromatic heterocycles. The van der Waals surface area contributed by atoms with Crippen LogP contribution in [-0.2, 0) is 4.79 Å². The fourth-order valence-electron chi connectivity index (χ4n) is 1.57. The van der Waals surface area contributed by atoms with Gasteiger partial charge in [-0.25, -0.2) is 4.79 Å². The van der Waals surface area contributed by atoms with Crippen LogP contribution in [0.2, 0.25) is 0 Å². The molecule has 68 valence electrons. The summed E-state index contributed by atoms with van der Waals surface area (Å²) in [5, 5.41) is 8.78. The quantitative estimate of drug-likeness (QED) is 0.656. The monoisotopic (exact) mass is 170 g/mol. The molecule has 1 rings (SSSR count). The first-order chi connectivity index (χ1) is 5.57. The largest absolute Gasteiger partial charge is 0.477 e. The second-order valence-electron chi connectivity index (χ2n) is 2.98. The molecule has 0 saturated heterocycles. The van der Waals surface area contributed by atoms with Crippen molar-refractivity contribution in [3.8, 4) is 0 Å². The molecule has 0 spiro atoms. The van der Waals surface area contributed by atoms with Gasteiger partial charge in [-0.15, -0.1) is 0 Å². The van der Waals surface area contributed by atoms with Gasteiger partial charge >= 0.3 is 5.97 Å². The number of carboxylic acid groups (broad SMARTS) is 1. The molecule has 0 aliphatic carbocycles. The fraction of sp³-hybridized carbons (Fsp3) is 0.625. The Kier molecular flexibility index (Phi) is 2.26. The number of hydrogen-bond acceptors (Lipinski definition) is 3. The lowest BCUT2D eigenvalue weighted by molar-refractivity contribution is -0.134. The molecule has 1 aliphatic heterocycles. The number of carbonyl (C=O) groups is 1. The molecular weight excluding hydrogens is 156 g/mol. The molecule has 0 saturated carbocycles. The Balaban J connectivity index is 2.81. The van der Waals surface area contributed by atoms with E-state index in [0.717, 1.165) is 6.42 Å². The molecule has 0 aromatic rings. The van der Waals surface area contributed by atoms with Gasteiger partial charge in [0.1, 0.15) is 11.9 Å². The van der Waals surface area contributed by atoms with E-state index < -0.39 is 5.97 Å². The summed E-state index contributed by atoms with van der Waals surface area (Å²) in [7, 11) is 3.69. The second-order valence-corrected chi connectivity index (χ2v) is 2.98. The van der Waals surface area contributed by atoms with Gasteiger partial charge in [0.2, 0.25) is 0 Å². The van der Waals surface area contributed by atoms with Gasteiger partial charge in [0, 0.05) is 20.3 Å². The molecule has 0 radical (unpaired) electrons. The van der Waals surface area contributed by atoms with Gasteiger partial charge in [-0.3, -0.25) is 0 Å². The summed E-state index contributed by atoms with van der Waals surface area (Å²) in [6, 6.07) is 0. The van der Waals surface area contributed by atoms with E-state index in [-0.39, 0.29) is 6.17 Å². The lowest BCUT2D eigenvalue weighted by Gasteiger charge is -2.26. The summed E-state index contributed by atoms with van der Waals surface area (Å²) in [6.45, 7) is 2.04. The van der Waals surface area contributed by atoms with Crippen LogP contribution in [0.5, 0.6) is 0 Å². The highest BCUT2D eigenvalue weighted by molar-refractivity contribution is 5.86. The third kappa shape index (κ3) is 1.24. The van der Waals surface area contributed by atoms with Crippen molar-refractivity contribution >= 4 is 5.97 Å². The molecule has 12 heavy (non-hydrogen) atoms. The molecule has 0 amide bonds. The average Bonchev–Trinajstić information content (AvgIpc) is 2.27. The highest BCUT2D eigenvalue weighted by Crippen LogP contribution is 2.21. The van der Waals surface area contributed by atoms with E-state index in [1.165, 1.54) is 0 Å². The second kappa shape index (κ2) is 3.05. The van der Waals surface area contributed by atoms with Gasteiger partial charge in [-0.1, -0.05) is 6.92 Å². The van der Waals surface area contributed by atoms with Gasteiger partial charge in [0.25, 0.3) is 0 Å². The predicted octanol–water partition coefficient (Wildman–Crippen LogP) is 0.526. The maximum atomic E-state index is 10.7. The van der Waals surface area contributed by atoms with E-state index >= 15 is 0 Å². The van der Waals surface area contributed by atoms with E-state index in [1.54, 1.807) is 18.1 Å². The SMILES string of the molecule is CCC1N(C)C=C(C(=O)O)N1C. The molecule has 4 heteroatoms. The van der Waals surface area contributed by atoms with Crippen LogP contribution >= 0.6 is 0 Å². The zero-order valence-corrected chi connectivity index (χ0v) is 7.61. The molecule has 1 heterocycles. The van der Waals surface area contributed by atoms with Crippen LogP contribution in [0.25, 0.3) is 0 Å². The topological polar surface area (TPSA) is 43.8 Å². The van der Waals surface area contributed by atoms with E-state index in [4.69, 9.17) is 5.11 Å². The van der Waals surface area contributed by atoms with Gasteiger partial charge in [0.15, 0.2) is 0 Å². The van der Waals surface area contributed by atoms with Crippen LogP contribution in [0.1, 0.15) is 13.3 Å². The number of likely N-dealkylation sites (N-methyl/N-ethyl adjacent to an activating group) is 1. The van der Waals surface area contributed by atoms with Crippen molar-refractivity contribution in [2.24, 2.45) is 0 Å². The first-order valence-corrected chi connectivity index (χ1v) is 3.97. The first-order valence-electron chi connectivity index (χ1n) is 3.97. The molecule has 1 unspecified atom stereocenters. The maximum Gasteiger partial charge on any atom is 0.353 e. The van der Waals surface area contributed by atoms with E-state index in [0.29, 0.717) is 5.70 Å². The van der Waals surface area contributed by atoms with E-state index in [9.17, 15) is 4.79 Å². The van der Waals surface area contributed by atoms with Crippen molar-refractivity contribution in [1.29, 1.82) is 0 Å². The molecule has 1 aliphatic rings. The van der Waals surface area contributed by atoms with Gasteiger partial charge in [0.05, 0.1) is 0 Å². The van der Waals surface area contributed by atoms with Crippen molar-refractivity contribution in [2.75, 3.05) is 14.1 Å². The van der Waals surface area contributed by atoms with Crippen molar-refractivity contribution in [3.63, 3.8) is 0 Å². The van der Waals surface area contributed by atoms with Crippen molar-refractivity contribution in [1.82, 2.24) is 9.80 Å². The van der Waals surface area contributed by atoms with Gasteiger partial charge in [-0.05, 0) is 6.42 Å². The summed E-state index contributed by atoms with van der Waals surface area (Å²) in [5.41, 5.74) is 0.365. The molecule has 0 aromatic carbocycles. The van der Waals surface area contributed by atoms with Crippen LogP contribution in [-0.4, -0.2) is 41.1 Å². The fourth-order valence-corrected chi connectivity index (χ4v) is 1.57. The van der Waals surface area contributed by atoms with Crippen LogP contribution in [0.3, 0.4) is 0 Å². The Morgan fingerprint density at radius 2 is 2.25 bits per heavy atom. The minimum atomic E-state index is -0.861. The van der Waals surface area contributed by atoms with Crippen LogP contribution in [0.4, 0.5) is 0 Å². The van der Waals surface area contributed by atoms with Crippen LogP contribution in [0, 0.1) is 0 Å². The molecule has 0 fully saturated rings. The zero-order chi connectivity index (χ0) is 9.30. The van der Waals surface area contributed by atoms with Crippen molar-refractivity contribution < 1.29 is 9.90 Å². The van der Waals surface area contributed by atoms with E-state index in [1.807, 2.05) is 18.9 Å². The smallest absolute Gasteiger partial charge is 0.353 e. The Bertz CT molecular complexity index is 225. The summed E-state index contributed by atoms with van der Waals surface area (Å²) in [4.78, 5) is 14.4. The Morgan fingerprint density at radius 3 is 2.50 bits per heavy atom. The molecule has 4 nitrogen and oxygen atoms in total. The molecular formula is C8H14N2O2. The predicted molar refractivity (Wildman–Crippen MR) is 45.3 cm³/mol. The van der Waals surface area contributed by atoms with Gasteiger partial charge < -0.3 is 14.9 Å². The third-order valence-electron chi connectivity index (χ3n) is 2.21. The zero-order valence-electron chi connectivity index (χ0n) is 7.61. The van der Waals surface area contributed by atoms with Crippen molar-refractivity contribution in [3.05, 3.63) is 11.9 Å². The van der Waals surface area contributed by atoms with Crippen LogP contribution in [0.15, 0.2) is 11.9 Å². The highest BCUT2D eigenvalue weighted by Gasteiger charge is 2.28. The average molecular weight is 170 g/mol. The first kappa shape index (κ1) is 8.90. The number of carboxylic acids is 1. The van der Waals surface area contributed by atoms with E-state index in [2.05, 4.69) is 0 Å². The number of aliphatic carboxylic acids is 1. The molecule has 1 N–H and O–H groups in total. The molecule has 1 atom stereocenters. The summed E-state index contributed by atoms with van der Waals surface area (Å²) in [5.74, 6) is -0.861.